The first-order chi connectivity index (χ1) is 16.5. The fourth-order valence-electron chi connectivity index (χ4n) is 3.97. The Kier molecular flexibility index (Phi) is 6.77. The predicted octanol–water partition coefficient (Wildman–Crippen LogP) is 4.30. The number of carboxylic acids is 1. The van der Waals surface area contributed by atoms with Gasteiger partial charge in [-0.1, -0.05) is 30.3 Å². The van der Waals surface area contributed by atoms with E-state index in [1.165, 1.54) is 0 Å². The summed E-state index contributed by atoms with van der Waals surface area (Å²) >= 11 is 0. The number of fused-ring (bicyclic) bond motifs is 1. The lowest BCUT2D eigenvalue weighted by atomic mass is 10.0. The number of rotatable bonds is 9. The molecule has 0 aliphatic rings. The number of nitrogens with zero attached hydrogens (tertiary/aromatic N) is 2. The lowest BCUT2D eigenvalue weighted by Crippen LogP contribution is -2.16. The number of hydrogen-bond donors (Lipinski definition) is 2. The van der Waals surface area contributed by atoms with Gasteiger partial charge >= 0.3 is 5.97 Å². The van der Waals surface area contributed by atoms with Gasteiger partial charge in [-0.25, -0.2) is 4.98 Å². The van der Waals surface area contributed by atoms with Crippen molar-refractivity contribution in [3.63, 3.8) is 0 Å². The monoisotopic (exact) mass is 459 g/mol. The first kappa shape index (κ1) is 22.8. The topological polar surface area (TPSA) is 103 Å². The van der Waals surface area contributed by atoms with Crippen LogP contribution in [0.1, 0.15) is 23.6 Å². The van der Waals surface area contributed by atoms with Crippen LogP contribution in [-0.4, -0.2) is 40.8 Å². The number of amides is 1. The van der Waals surface area contributed by atoms with Crippen molar-refractivity contribution in [2.75, 3.05) is 19.5 Å². The van der Waals surface area contributed by atoms with Crippen molar-refractivity contribution < 1.29 is 24.2 Å². The van der Waals surface area contributed by atoms with Crippen molar-refractivity contribution in [2.45, 2.75) is 18.9 Å². The molecule has 0 fully saturated rings. The molecular weight excluding hydrogens is 434 g/mol. The number of carbonyl (C=O) groups excluding carboxylic acids is 1. The lowest BCUT2D eigenvalue weighted by molar-refractivity contribution is -0.137. The third-order valence-corrected chi connectivity index (χ3v) is 5.59. The molecule has 0 saturated heterocycles. The average Bonchev–Trinajstić information content (AvgIpc) is 3.25. The van der Waals surface area contributed by atoms with Crippen molar-refractivity contribution in [3.8, 4) is 11.5 Å². The van der Waals surface area contributed by atoms with E-state index >= 15 is 0 Å². The number of carbonyl (C=O) groups is 2. The number of anilines is 1. The molecule has 0 spiro atoms. The summed E-state index contributed by atoms with van der Waals surface area (Å²) in [6.07, 6.45) is 1.64. The number of aliphatic carboxylic acids is 1. The summed E-state index contributed by atoms with van der Waals surface area (Å²) in [6, 6.07) is 19.7. The van der Waals surface area contributed by atoms with Crippen molar-refractivity contribution in [1.29, 1.82) is 0 Å². The highest BCUT2D eigenvalue weighted by Crippen LogP contribution is 2.29. The second-order valence-corrected chi connectivity index (χ2v) is 7.78. The van der Waals surface area contributed by atoms with Gasteiger partial charge < -0.3 is 24.5 Å². The van der Waals surface area contributed by atoms with E-state index in [2.05, 4.69) is 10.3 Å². The van der Waals surface area contributed by atoms with Crippen LogP contribution < -0.4 is 14.8 Å². The molecule has 0 aliphatic carbocycles. The van der Waals surface area contributed by atoms with E-state index in [9.17, 15) is 14.7 Å². The minimum absolute atomic E-state index is 0.0955. The molecule has 8 heteroatoms. The normalized spacial score (nSPS) is 11.7. The molecule has 1 unspecified atom stereocenters. The van der Waals surface area contributed by atoms with E-state index in [1.807, 2.05) is 34.9 Å². The number of imidazole rings is 1. The Morgan fingerprint density at radius 1 is 1.03 bits per heavy atom. The molecule has 4 aromatic rings. The molecule has 0 aliphatic heterocycles. The molecule has 8 nitrogen and oxygen atoms in total. The Morgan fingerprint density at radius 2 is 1.82 bits per heavy atom. The number of ether oxygens (including phenoxy) is 2. The van der Waals surface area contributed by atoms with Gasteiger partial charge in [0.1, 0.15) is 11.5 Å². The van der Waals surface area contributed by atoms with E-state index in [-0.39, 0.29) is 18.7 Å². The van der Waals surface area contributed by atoms with Crippen LogP contribution in [0.3, 0.4) is 0 Å². The maximum absolute atomic E-state index is 12.8. The maximum atomic E-state index is 12.8. The van der Waals surface area contributed by atoms with Crippen molar-refractivity contribution >= 4 is 28.6 Å². The zero-order valence-corrected chi connectivity index (χ0v) is 18.9. The molecule has 0 saturated carbocycles. The summed E-state index contributed by atoms with van der Waals surface area (Å²) in [7, 11) is 3.12. The number of methoxy groups -OCH3 is 2. The summed E-state index contributed by atoms with van der Waals surface area (Å²) in [6.45, 7) is 0. The first-order valence-electron chi connectivity index (χ1n) is 10.7. The minimum Gasteiger partial charge on any atom is -0.497 e. The summed E-state index contributed by atoms with van der Waals surface area (Å²) in [5, 5.41) is 12.4. The molecule has 1 atom stereocenters. The van der Waals surface area contributed by atoms with Gasteiger partial charge in [0, 0.05) is 11.3 Å². The summed E-state index contributed by atoms with van der Waals surface area (Å²) in [5.41, 5.74) is 3.59. The van der Waals surface area contributed by atoms with E-state index in [1.54, 1.807) is 56.9 Å². The number of hydrogen-bond acceptors (Lipinski definition) is 5. The molecule has 0 bridgehead atoms. The van der Waals surface area contributed by atoms with Crippen LogP contribution in [0.5, 0.6) is 11.5 Å². The predicted molar refractivity (Wildman–Crippen MR) is 128 cm³/mol. The highest BCUT2D eigenvalue weighted by molar-refractivity contribution is 5.94. The van der Waals surface area contributed by atoms with Gasteiger partial charge in [0.25, 0.3) is 0 Å². The lowest BCUT2D eigenvalue weighted by Gasteiger charge is -2.18. The number of benzene rings is 3. The van der Waals surface area contributed by atoms with Crippen LogP contribution in [-0.2, 0) is 16.0 Å². The Morgan fingerprint density at radius 3 is 2.53 bits per heavy atom. The summed E-state index contributed by atoms with van der Waals surface area (Å²) in [5.74, 6) is 0.109. The maximum Gasteiger partial charge on any atom is 0.305 e. The molecule has 4 rings (SSSR count). The summed E-state index contributed by atoms with van der Waals surface area (Å²) < 4.78 is 12.5. The average molecular weight is 460 g/mol. The highest BCUT2D eigenvalue weighted by atomic mass is 16.5. The van der Waals surface area contributed by atoms with Crippen LogP contribution in [0.15, 0.2) is 73.1 Å². The van der Waals surface area contributed by atoms with E-state index < -0.39 is 12.0 Å². The Bertz CT molecular complexity index is 1320. The van der Waals surface area contributed by atoms with Gasteiger partial charge in [0.05, 0.1) is 50.5 Å². The van der Waals surface area contributed by atoms with Gasteiger partial charge in [-0.15, -0.1) is 0 Å². The zero-order valence-electron chi connectivity index (χ0n) is 18.9. The third kappa shape index (κ3) is 5.01. The van der Waals surface area contributed by atoms with Crippen LogP contribution in [0.4, 0.5) is 5.69 Å². The third-order valence-electron chi connectivity index (χ3n) is 5.59. The standard InChI is InChI=1S/C26H25N3O5/c1-33-20-9-11-24(34-2)18(12-20)13-25(30)28-19-8-10-21-23(14-19)29(16-27-21)22(15-26(31)32)17-6-4-3-5-7-17/h3-12,14,16,22H,13,15H2,1-2H3,(H,28,30)(H,31,32). The van der Waals surface area contributed by atoms with Crippen LogP contribution in [0, 0.1) is 0 Å². The fourth-order valence-corrected chi connectivity index (χ4v) is 3.97. The van der Waals surface area contributed by atoms with Gasteiger partial charge in [-0.2, -0.15) is 0 Å². The molecule has 3 aromatic carbocycles. The van der Waals surface area contributed by atoms with E-state index in [0.29, 0.717) is 28.3 Å². The molecular formula is C26H25N3O5. The van der Waals surface area contributed by atoms with Crippen LogP contribution in [0.25, 0.3) is 11.0 Å². The highest BCUT2D eigenvalue weighted by Gasteiger charge is 2.20. The second-order valence-electron chi connectivity index (χ2n) is 7.78. The molecule has 1 aromatic heterocycles. The van der Waals surface area contributed by atoms with Crippen molar-refractivity contribution in [3.05, 3.63) is 84.2 Å². The smallest absolute Gasteiger partial charge is 0.305 e. The molecule has 1 heterocycles. The Balaban J connectivity index is 1.61. The number of aromatic nitrogens is 2. The van der Waals surface area contributed by atoms with E-state index in [0.717, 1.165) is 11.1 Å². The second kappa shape index (κ2) is 10.1. The van der Waals surface area contributed by atoms with Gasteiger partial charge in [-0.3, -0.25) is 9.59 Å². The SMILES string of the molecule is COc1ccc(OC)c(CC(=O)Nc2ccc3ncn(C(CC(=O)O)c4ccccc4)c3c2)c1. The minimum atomic E-state index is -0.910. The van der Waals surface area contributed by atoms with Crippen molar-refractivity contribution in [2.24, 2.45) is 0 Å². The van der Waals surface area contributed by atoms with Gasteiger partial charge in [0.15, 0.2) is 0 Å². The fraction of sp³-hybridized carbons (Fsp3) is 0.192. The van der Waals surface area contributed by atoms with Crippen LogP contribution >= 0.6 is 0 Å². The zero-order chi connectivity index (χ0) is 24.1. The molecule has 1 amide bonds. The Hall–Kier alpha value is -4.33. The molecule has 0 radical (unpaired) electrons. The van der Waals surface area contributed by atoms with Crippen LogP contribution in [0.2, 0.25) is 0 Å². The van der Waals surface area contributed by atoms with Gasteiger partial charge in [-0.05, 0) is 42.0 Å². The molecule has 34 heavy (non-hydrogen) atoms. The Labute approximate surface area is 196 Å². The number of carboxylic acid groups (broad SMARTS) is 1. The number of nitrogens with one attached hydrogen (secondary N) is 1. The van der Waals surface area contributed by atoms with E-state index in [4.69, 9.17) is 9.47 Å². The summed E-state index contributed by atoms with van der Waals surface area (Å²) in [4.78, 5) is 28.8. The van der Waals surface area contributed by atoms with Crippen molar-refractivity contribution in [1.82, 2.24) is 9.55 Å². The molecule has 2 N–H and O–H groups in total. The van der Waals surface area contributed by atoms with Gasteiger partial charge in [0.2, 0.25) is 5.91 Å². The largest absolute Gasteiger partial charge is 0.497 e. The quantitative estimate of drug-likeness (QED) is 0.387. The molecule has 174 valence electrons. The first-order valence-corrected chi connectivity index (χ1v) is 10.7.